The van der Waals surface area contributed by atoms with Gasteiger partial charge in [0, 0.05) is 26.1 Å². The Balaban J connectivity index is 1.17. The first-order valence-corrected chi connectivity index (χ1v) is 21.8. The van der Waals surface area contributed by atoms with E-state index in [0.29, 0.717) is 0 Å². The minimum atomic E-state index is 1.21. The fourth-order valence-electron chi connectivity index (χ4n) is 9.89. The highest BCUT2D eigenvalue weighted by molar-refractivity contribution is 7.24. The van der Waals surface area contributed by atoms with Gasteiger partial charge in [-0.15, -0.1) is 11.3 Å². The number of fused-ring (bicyclic) bond motifs is 6. The maximum Gasteiger partial charge on any atom is 0.0446 e. The molecule has 0 radical (unpaired) electrons. The summed E-state index contributed by atoms with van der Waals surface area (Å²) in [7, 11) is 0. The summed E-state index contributed by atoms with van der Waals surface area (Å²) in [5.74, 6) is 0. The third-order valence-corrected chi connectivity index (χ3v) is 13.7. The van der Waals surface area contributed by atoms with Crippen LogP contribution in [0.15, 0.2) is 231 Å². The molecule has 0 fully saturated rings. The summed E-state index contributed by atoms with van der Waals surface area (Å²) in [4.78, 5) is 1.27. The second-order valence-electron chi connectivity index (χ2n) is 15.9. The Morgan fingerprint density at radius 1 is 0.246 bits per heavy atom. The van der Waals surface area contributed by atoms with Crippen molar-refractivity contribution < 1.29 is 0 Å². The third-order valence-electron chi connectivity index (χ3n) is 12.4. The van der Waals surface area contributed by atoms with Crippen LogP contribution in [0, 0.1) is 0 Å². The molecule has 0 atom stereocenters. The SMILES string of the molecule is c1ccc(-c2c(-c3ccccc3)c3sc(-c4cccc(-c5c6ccccc6c(-c6cccc7ccccc67)c6ccccc56)c4)c(-c4ccccc4)c3c3ccccc23)cc1. The molecule has 0 saturated heterocycles. The zero-order chi connectivity index (χ0) is 40.3. The Labute approximate surface area is 359 Å². The molecule has 0 N–H and O–H groups in total. The highest BCUT2D eigenvalue weighted by atomic mass is 32.1. The average Bonchev–Trinajstić information content (AvgIpc) is 3.74. The van der Waals surface area contributed by atoms with E-state index in [4.69, 9.17) is 0 Å². The maximum absolute atomic E-state index is 2.45. The largest absolute Gasteiger partial charge is 0.134 e. The number of hydrogen-bond donors (Lipinski definition) is 0. The highest BCUT2D eigenvalue weighted by Gasteiger charge is 2.26. The number of hydrogen-bond acceptors (Lipinski definition) is 1. The summed E-state index contributed by atoms with van der Waals surface area (Å²) >= 11 is 1.93. The standard InChI is InChI=1S/C60H38S/c1-4-21-40(22-5-1)54-49-33-14-17-36-52(49)58-56(42-25-8-3-9-26-42)59(61-60(58)55(54)41-23-6-2-7-24-41)44-29-18-28-43(38-44)53-47-31-12-15-34-50(47)57(51-35-16-13-32-48(51)53)46-37-19-27-39-20-10-11-30-45(39)46/h1-38H. The first-order valence-electron chi connectivity index (χ1n) is 21.0. The monoisotopic (exact) mass is 790 g/mol. The normalized spacial score (nSPS) is 11.6. The lowest BCUT2D eigenvalue weighted by atomic mass is 9.84. The van der Waals surface area contributed by atoms with E-state index in [1.54, 1.807) is 0 Å². The molecule has 1 aromatic heterocycles. The Hall–Kier alpha value is -7.58. The van der Waals surface area contributed by atoms with Crippen molar-refractivity contribution in [2.45, 2.75) is 0 Å². The van der Waals surface area contributed by atoms with Gasteiger partial charge in [-0.2, -0.15) is 0 Å². The van der Waals surface area contributed by atoms with Crippen LogP contribution in [0.1, 0.15) is 0 Å². The van der Waals surface area contributed by atoms with Crippen LogP contribution < -0.4 is 0 Å². The van der Waals surface area contributed by atoms with Crippen LogP contribution >= 0.6 is 11.3 Å². The van der Waals surface area contributed by atoms with Gasteiger partial charge in [0.2, 0.25) is 0 Å². The van der Waals surface area contributed by atoms with Gasteiger partial charge in [-0.1, -0.05) is 224 Å². The van der Waals surface area contributed by atoms with Crippen molar-refractivity contribution in [2.75, 3.05) is 0 Å². The molecule has 0 unspecified atom stereocenters. The fourth-order valence-corrected chi connectivity index (χ4v) is 11.3. The van der Waals surface area contributed by atoms with E-state index in [2.05, 4.69) is 231 Å². The van der Waals surface area contributed by atoms with Gasteiger partial charge >= 0.3 is 0 Å². The second-order valence-corrected chi connectivity index (χ2v) is 16.9. The molecule has 0 amide bonds. The summed E-state index contributed by atoms with van der Waals surface area (Å²) in [6, 6.07) is 84.8. The van der Waals surface area contributed by atoms with E-state index in [9.17, 15) is 0 Å². The highest BCUT2D eigenvalue weighted by Crippen LogP contribution is 2.55. The van der Waals surface area contributed by atoms with E-state index >= 15 is 0 Å². The summed E-state index contributed by atoms with van der Waals surface area (Å²) in [5.41, 5.74) is 13.8. The van der Waals surface area contributed by atoms with Crippen molar-refractivity contribution in [2.24, 2.45) is 0 Å². The van der Waals surface area contributed by atoms with Gasteiger partial charge in [0.15, 0.2) is 0 Å². The predicted octanol–water partition coefficient (Wildman–Crippen LogP) is 17.5. The molecule has 1 heteroatoms. The van der Waals surface area contributed by atoms with E-state index < -0.39 is 0 Å². The molecular formula is C60H38S. The first-order chi connectivity index (χ1) is 30.3. The molecule has 0 aliphatic rings. The lowest BCUT2D eigenvalue weighted by molar-refractivity contribution is 1.63. The Morgan fingerprint density at radius 2 is 0.656 bits per heavy atom. The maximum atomic E-state index is 2.45. The van der Waals surface area contributed by atoms with Crippen LogP contribution in [-0.4, -0.2) is 0 Å². The quantitative estimate of drug-likeness (QED) is 0.147. The Morgan fingerprint density at radius 3 is 1.26 bits per heavy atom. The van der Waals surface area contributed by atoms with Crippen LogP contribution in [0.4, 0.5) is 0 Å². The second kappa shape index (κ2) is 14.6. The van der Waals surface area contributed by atoms with Crippen LogP contribution in [-0.2, 0) is 0 Å². The third kappa shape index (κ3) is 5.74. The Bertz CT molecular complexity index is 3550. The Kier molecular flexibility index (Phi) is 8.47. The van der Waals surface area contributed by atoms with Crippen molar-refractivity contribution in [3.05, 3.63) is 231 Å². The molecule has 0 saturated carbocycles. The van der Waals surface area contributed by atoms with Gasteiger partial charge < -0.3 is 0 Å². The van der Waals surface area contributed by atoms with E-state index in [-0.39, 0.29) is 0 Å². The van der Waals surface area contributed by atoms with E-state index in [1.807, 2.05) is 11.3 Å². The average molecular weight is 791 g/mol. The minimum Gasteiger partial charge on any atom is -0.134 e. The smallest absolute Gasteiger partial charge is 0.0446 e. The van der Waals surface area contributed by atoms with E-state index in [0.717, 1.165) is 0 Å². The molecule has 61 heavy (non-hydrogen) atoms. The molecule has 12 aromatic rings. The molecule has 11 aromatic carbocycles. The van der Waals surface area contributed by atoms with Crippen molar-refractivity contribution in [3.63, 3.8) is 0 Å². The molecule has 0 aliphatic heterocycles. The fraction of sp³-hybridized carbons (Fsp3) is 0. The molecule has 0 bridgehead atoms. The van der Waals surface area contributed by atoms with Gasteiger partial charge in [0.1, 0.15) is 0 Å². The minimum absolute atomic E-state index is 1.21. The molecule has 0 aliphatic carbocycles. The van der Waals surface area contributed by atoms with Crippen molar-refractivity contribution in [1.82, 2.24) is 0 Å². The summed E-state index contributed by atoms with van der Waals surface area (Å²) < 4.78 is 1.30. The molecule has 1 heterocycles. The summed E-state index contributed by atoms with van der Waals surface area (Å²) in [6.45, 7) is 0. The summed E-state index contributed by atoms with van der Waals surface area (Å²) in [5, 5.41) is 11.4. The molecule has 0 nitrogen and oxygen atoms in total. The molecular weight excluding hydrogens is 753 g/mol. The van der Waals surface area contributed by atoms with Crippen molar-refractivity contribution in [1.29, 1.82) is 0 Å². The zero-order valence-corrected chi connectivity index (χ0v) is 34.2. The van der Waals surface area contributed by atoms with E-state index in [1.165, 1.54) is 119 Å². The van der Waals surface area contributed by atoms with Gasteiger partial charge in [-0.05, 0) is 99.2 Å². The number of thiophene rings is 1. The zero-order valence-electron chi connectivity index (χ0n) is 33.3. The van der Waals surface area contributed by atoms with Gasteiger partial charge in [-0.3, -0.25) is 0 Å². The number of rotatable bonds is 6. The van der Waals surface area contributed by atoms with Crippen LogP contribution in [0.2, 0.25) is 0 Å². The topological polar surface area (TPSA) is 0 Å². The molecule has 284 valence electrons. The number of benzene rings is 11. The first kappa shape index (κ1) is 35.4. The predicted molar refractivity (Wildman–Crippen MR) is 264 cm³/mol. The van der Waals surface area contributed by atoms with Crippen molar-refractivity contribution >= 4 is 64.5 Å². The van der Waals surface area contributed by atoms with Crippen LogP contribution in [0.5, 0.6) is 0 Å². The van der Waals surface area contributed by atoms with Crippen LogP contribution in [0.3, 0.4) is 0 Å². The van der Waals surface area contributed by atoms with Gasteiger partial charge in [0.25, 0.3) is 0 Å². The molecule has 12 rings (SSSR count). The van der Waals surface area contributed by atoms with Gasteiger partial charge in [-0.25, -0.2) is 0 Å². The van der Waals surface area contributed by atoms with Crippen LogP contribution in [0.25, 0.3) is 119 Å². The van der Waals surface area contributed by atoms with Crippen molar-refractivity contribution in [3.8, 4) is 66.1 Å². The van der Waals surface area contributed by atoms with Gasteiger partial charge in [0.05, 0.1) is 0 Å². The lowest BCUT2D eigenvalue weighted by Crippen LogP contribution is -1.92. The molecule has 0 spiro atoms. The lowest BCUT2D eigenvalue weighted by Gasteiger charge is -2.19. The summed E-state index contributed by atoms with van der Waals surface area (Å²) in [6.07, 6.45) is 0.